The van der Waals surface area contributed by atoms with Gasteiger partial charge in [0.2, 0.25) is 0 Å². The zero-order valence-electron chi connectivity index (χ0n) is 22.2. The molecule has 0 unspecified atom stereocenters. The number of hydrogen-bond acceptors (Lipinski definition) is 7. The number of methoxy groups -OCH3 is 2. The Kier molecular flexibility index (Phi) is 7.93. The van der Waals surface area contributed by atoms with Crippen molar-refractivity contribution >= 4 is 23.4 Å². The molecule has 7 nitrogen and oxygen atoms in total. The molecule has 1 aromatic heterocycles. The number of esters is 1. The SMILES string of the molecule is CCC1=C(C(=O)OC)[C@@H](c2ccccc2)n2c(s/c(=C\c3ccc(OCc4ccccc4F)c(OC)c3)c2=O)=N1. The molecule has 40 heavy (non-hydrogen) atoms. The fraction of sp³-hybridized carbons (Fsp3) is 0.194. The van der Waals surface area contributed by atoms with E-state index in [1.165, 1.54) is 31.6 Å². The van der Waals surface area contributed by atoms with Crippen LogP contribution >= 0.6 is 11.3 Å². The van der Waals surface area contributed by atoms with Crippen LogP contribution in [0.15, 0.2) is 93.9 Å². The van der Waals surface area contributed by atoms with Gasteiger partial charge in [0.1, 0.15) is 12.4 Å². The smallest absolute Gasteiger partial charge is 0.338 e. The third-order valence-corrected chi connectivity index (χ3v) is 7.57. The molecule has 0 radical (unpaired) electrons. The van der Waals surface area contributed by atoms with Gasteiger partial charge < -0.3 is 14.2 Å². The lowest BCUT2D eigenvalue weighted by Crippen LogP contribution is -2.40. The maximum absolute atomic E-state index is 14.0. The van der Waals surface area contributed by atoms with E-state index in [4.69, 9.17) is 14.2 Å². The summed E-state index contributed by atoms with van der Waals surface area (Å²) >= 11 is 1.25. The van der Waals surface area contributed by atoms with Crippen LogP contribution in [0.25, 0.3) is 6.08 Å². The second-order valence-electron chi connectivity index (χ2n) is 8.99. The Morgan fingerprint density at radius 2 is 1.80 bits per heavy atom. The summed E-state index contributed by atoms with van der Waals surface area (Å²) in [5, 5.41) is 0. The Balaban J connectivity index is 1.56. The molecule has 4 aromatic rings. The van der Waals surface area contributed by atoms with Crippen molar-refractivity contribution in [1.82, 2.24) is 4.57 Å². The minimum atomic E-state index is -0.661. The molecule has 1 aliphatic heterocycles. The van der Waals surface area contributed by atoms with Crippen molar-refractivity contribution in [2.45, 2.75) is 26.0 Å². The molecule has 1 atom stereocenters. The molecule has 2 heterocycles. The van der Waals surface area contributed by atoms with Gasteiger partial charge in [-0.05, 0) is 41.8 Å². The van der Waals surface area contributed by atoms with Gasteiger partial charge in [0, 0.05) is 5.56 Å². The molecule has 0 saturated heterocycles. The van der Waals surface area contributed by atoms with E-state index in [9.17, 15) is 14.0 Å². The number of carbonyl (C=O) groups excluding carboxylic acids is 1. The van der Waals surface area contributed by atoms with Gasteiger partial charge in [0.25, 0.3) is 5.56 Å². The molecule has 3 aromatic carbocycles. The van der Waals surface area contributed by atoms with Gasteiger partial charge in [-0.15, -0.1) is 0 Å². The third kappa shape index (κ3) is 5.20. The second kappa shape index (κ2) is 11.7. The summed E-state index contributed by atoms with van der Waals surface area (Å²) < 4.78 is 32.4. The summed E-state index contributed by atoms with van der Waals surface area (Å²) in [6.07, 6.45) is 2.26. The number of nitrogens with zero attached hydrogens (tertiary/aromatic N) is 2. The second-order valence-corrected chi connectivity index (χ2v) is 10.00. The first-order valence-electron chi connectivity index (χ1n) is 12.7. The van der Waals surface area contributed by atoms with Crippen LogP contribution in [-0.2, 0) is 16.1 Å². The number of fused-ring (bicyclic) bond motifs is 1. The van der Waals surface area contributed by atoms with Gasteiger partial charge in [-0.25, -0.2) is 14.2 Å². The number of ether oxygens (including phenoxy) is 3. The minimum Gasteiger partial charge on any atom is -0.493 e. The number of hydrogen-bond donors (Lipinski definition) is 0. The van der Waals surface area contributed by atoms with Gasteiger partial charge in [0.05, 0.1) is 36.1 Å². The van der Waals surface area contributed by atoms with E-state index in [0.717, 1.165) is 5.56 Å². The maximum atomic E-state index is 14.0. The molecular formula is C31H27FN2O5S. The minimum absolute atomic E-state index is 0.0444. The first-order chi connectivity index (χ1) is 19.4. The Hall–Kier alpha value is -4.50. The molecule has 0 amide bonds. The fourth-order valence-corrected chi connectivity index (χ4v) is 5.65. The number of carbonyl (C=O) groups is 1. The lowest BCUT2D eigenvalue weighted by atomic mass is 9.95. The van der Waals surface area contributed by atoms with Crippen LogP contribution in [0.5, 0.6) is 11.5 Å². The van der Waals surface area contributed by atoms with Crippen LogP contribution in [-0.4, -0.2) is 24.8 Å². The highest BCUT2D eigenvalue weighted by Crippen LogP contribution is 2.32. The monoisotopic (exact) mass is 558 g/mol. The maximum Gasteiger partial charge on any atom is 0.338 e. The van der Waals surface area contributed by atoms with Crippen molar-refractivity contribution < 1.29 is 23.4 Å². The Morgan fingerprint density at radius 1 is 1.05 bits per heavy atom. The van der Waals surface area contributed by atoms with Crippen molar-refractivity contribution in [3.05, 3.63) is 126 Å². The van der Waals surface area contributed by atoms with E-state index >= 15 is 0 Å². The van der Waals surface area contributed by atoms with Crippen molar-refractivity contribution in [3.63, 3.8) is 0 Å². The standard InChI is InChI=1S/C31H27FN2O5S/c1-4-23-27(30(36)38-3)28(20-10-6-5-7-11-20)34-29(35)26(40-31(34)33-23)17-19-14-15-24(25(16-19)37-2)39-18-21-12-8-9-13-22(21)32/h5-17,28H,4,18H2,1-3H3/b26-17-/t28-/m1/s1. The van der Waals surface area contributed by atoms with Crippen molar-refractivity contribution in [1.29, 1.82) is 0 Å². The molecular weight excluding hydrogens is 531 g/mol. The van der Waals surface area contributed by atoms with E-state index in [-0.39, 0.29) is 18.0 Å². The van der Waals surface area contributed by atoms with Crippen LogP contribution in [0, 0.1) is 5.82 Å². The number of halogens is 1. The first-order valence-corrected chi connectivity index (χ1v) is 13.5. The summed E-state index contributed by atoms with van der Waals surface area (Å²) in [5.74, 6) is 0.0355. The molecule has 0 bridgehead atoms. The number of allylic oxidation sites excluding steroid dienone is 1. The van der Waals surface area contributed by atoms with Gasteiger partial charge in [-0.1, -0.05) is 72.9 Å². The van der Waals surface area contributed by atoms with Crippen LogP contribution in [0.3, 0.4) is 0 Å². The Bertz CT molecular complexity index is 1780. The summed E-state index contributed by atoms with van der Waals surface area (Å²) in [6.45, 7) is 1.96. The number of rotatable bonds is 8. The number of aromatic nitrogens is 1. The zero-order chi connectivity index (χ0) is 28.2. The predicted molar refractivity (Wildman–Crippen MR) is 151 cm³/mol. The molecule has 0 aliphatic carbocycles. The predicted octanol–water partition coefficient (Wildman–Crippen LogP) is 4.53. The van der Waals surface area contributed by atoms with E-state index in [2.05, 4.69) is 4.99 Å². The van der Waals surface area contributed by atoms with E-state index < -0.39 is 12.0 Å². The highest BCUT2D eigenvalue weighted by molar-refractivity contribution is 7.07. The van der Waals surface area contributed by atoms with E-state index in [1.54, 1.807) is 47.0 Å². The van der Waals surface area contributed by atoms with Crippen LogP contribution in [0.1, 0.15) is 36.1 Å². The van der Waals surface area contributed by atoms with Crippen molar-refractivity contribution in [3.8, 4) is 11.5 Å². The highest BCUT2D eigenvalue weighted by Gasteiger charge is 2.33. The molecule has 9 heteroatoms. The first kappa shape index (κ1) is 27.1. The quantitative estimate of drug-likeness (QED) is 0.297. The fourth-order valence-electron chi connectivity index (χ4n) is 4.63. The average molecular weight is 559 g/mol. The Labute approximate surface area is 234 Å². The normalized spacial score (nSPS) is 14.9. The lowest BCUT2D eigenvalue weighted by Gasteiger charge is -2.25. The van der Waals surface area contributed by atoms with Crippen LogP contribution in [0.4, 0.5) is 4.39 Å². The zero-order valence-corrected chi connectivity index (χ0v) is 23.0. The third-order valence-electron chi connectivity index (χ3n) is 6.59. The largest absolute Gasteiger partial charge is 0.493 e. The summed E-state index contributed by atoms with van der Waals surface area (Å²) in [4.78, 5) is 31.9. The molecule has 0 N–H and O–H groups in total. The van der Waals surface area contributed by atoms with Crippen LogP contribution < -0.4 is 24.4 Å². The molecule has 0 fully saturated rings. The van der Waals surface area contributed by atoms with Gasteiger partial charge in [0.15, 0.2) is 16.3 Å². The average Bonchev–Trinajstić information content (AvgIpc) is 3.30. The van der Waals surface area contributed by atoms with Gasteiger partial charge >= 0.3 is 5.97 Å². The van der Waals surface area contributed by atoms with E-state index in [0.29, 0.717) is 49.7 Å². The molecule has 0 spiro atoms. The van der Waals surface area contributed by atoms with Gasteiger partial charge in [-0.2, -0.15) is 0 Å². The highest BCUT2D eigenvalue weighted by atomic mass is 32.1. The van der Waals surface area contributed by atoms with Crippen molar-refractivity contribution in [2.24, 2.45) is 4.99 Å². The topological polar surface area (TPSA) is 79.1 Å². The van der Waals surface area contributed by atoms with Crippen LogP contribution in [0.2, 0.25) is 0 Å². The summed E-state index contributed by atoms with van der Waals surface area (Å²) in [5.41, 5.74) is 2.60. The summed E-state index contributed by atoms with van der Waals surface area (Å²) in [6, 6.07) is 20.4. The number of benzene rings is 3. The Morgan fingerprint density at radius 3 is 2.50 bits per heavy atom. The lowest BCUT2D eigenvalue weighted by molar-refractivity contribution is -0.136. The van der Waals surface area contributed by atoms with E-state index in [1.807, 2.05) is 37.3 Å². The molecule has 204 valence electrons. The molecule has 0 saturated carbocycles. The molecule has 5 rings (SSSR count). The summed E-state index contributed by atoms with van der Waals surface area (Å²) in [7, 11) is 2.84. The molecule has 1 aliphatic rings. The van der Waals surface area contributed by atoms with Gasteiger partial charge in [-0.3, -0.25) is 9.36 Å². The van der Waals surface area contributed by atoms with Crippen molar-refractivity contribution in [2.75, 3.05) is 14.2 Å². The number of thiazole rings is 1.